The molecule has 1 heterocycles. The molecular weight excluding hydrogens is 382 g/mol. The van der Waals surface area contributed by atoms with Crippen LogP contribution in [0.2, 0.25) is 0 Å². The summed E-state index contributed by atoms with van der Waals surface area (Å²) in [6.45, 7) is 5.95. The maximum Gasteiger partial charge on any atom is 0.349 e. The van der Waals surface area contributed by atoms with Gasteiger partial charge >= 0.3 is 5.97 Å². The van der Waals surface area contributed by atoms with Crippen LogP contribution in [0, 0.1) is 25.2 Å². The molecule has 0 saturated heterocycles. The topological polar surface area (TPSA) is 93.3 Å². The summed E-state index contributed by atoms with van der Waals surface area (Å²) in [7, 11) is 0. The number of aryl methyl sites for hydroxylation is 1. The highest BCUT2D eigenvalue weighted by Gasteiger charge is 2.27. The van der Waals surface area contributed by atoms with Crippen molar-refractivity contribution in [3.05, 3.63) is 52.9 Å². The zero-order valence-corrected chi connectivity index (χ0v) is 17.4. The molecule has 30 heavy (non-hydrogen) atoms. The normalized spacial score (nSPS) is 13.5. The Balaban J connectivity index is 1.59. The minimum atomic E-state index is -0.824. The van der Waals surface area contributed by atoms with Gasteiger partial charge in [0.05, 0.1) is 6.61 Å². The van der Waals surface area contributed by atoms with Gasteiger partial charge in [0.2, 0.25) is 0 Å². The number of carbonyl (C=O) groups is 2. The number of amides is 1. The maximum atomic E-state index is 12.3. The molecule has 1 aliphatic rings. The molecule has 1 N–H and O–H groups in total. The van der Waals surface area contributed by atoms with Gasteiger partial charge in [0.1, 0.15) is 17.4 Å². The summed E-state index contributed by atoms with van der Waals surface area (Å²) in [5.74, 6) is -0.612. The van der Waals surface area contributed by atoms with Gasteiger partial charge in [0, 0.05) is 23.1 Å². The summed E-state index contributed by atoms with van der Waals surface area (Å²) in [6.07, 6.45) is 3.82. The van der Waals surface area contributed by atoms with E-state index in [9.17, 15) is 14.9 Å². The number of anilines is 1. The highest BCUT2D eigenvalue weighted by atomic mass is 16.5. The van der Waals surface area contributed by atoms with Crippen LogP contribution in [0.3, 0.4) is 0 Å². The van der Waals surface area contributed by atoms with Crippen LogP contribution in [0.1, 0.15) is 42.8 Å². The van der Waals surface area contributed by atoms with E-state index in [0.29, 0.717) is 24.1 Å². The summed E-state index contributed by atoms with van der Waals surface area (Å²) in [6, 6.07) is 11.2. The first-order valence-corrected chi connectivity index (χ1v) is 9.93. The monoisotopic (exact) mass is 407 g/mol. The number of rotatable bonds is 8. The number of benzene rings is 1. The van der Waals surface area contributed by atoms with Crippen LogP contribution < -0.4 is 10.1 Å². The van der Waals surface area contributed by atoms with Gasteiger partial charge in [-0.3, -0.25) is 4.79 Å². The average Bonchev–Trinajstić information content (AvgIpc) is 3.51. The van der Waals surface area contributed by atoms with Crippen molar-refractivity contribution in [1.29, 1.82) is 5.26 Å². The molecule has 2 aromatic rings. The van der Waals surface area contributed by atoms with Gasteiger partial charge in [0.15, 0.2) is 6.61 Å². The number of nitrogens with zero attached hydrogens (tertiary/aromatic N) is 2. The number of nitriles is 1. The van der Waals surface area contributed by atoms with Crippen molar-refractivity contribution in [1.82, 2.24) is 4.57 Å². The Labute approximate surface area is 175 Å². The van der Waals surface area contributed by atoms with Gasteiger partial charge in [-0.15, -0.1) is 0 Å². The number of esters is 1. The van der Waals surface area contributed by atoms with Crippen molar-refractivity contribution < 1.29 is 19.1 Å². The molecule has 1 aromatic carbocycles. The second kappa shape index (κ2) is 9.31. The largest absolute Gasteiger partial charge is 0.494 e. The Morgan fingerprint density at radius 2 is 1.97 bits per heavy atom. The second-order valence-corrected chi connectivity index (χ2v) is 7.18. The second-order valence-electron chi connectivity index (χ2n) is 7.18. The first-order valence-electron chi connectivity index (χ1n) is 9.93. The molecule has 0 radical (unpaired) electrons. The standard InChI is InChI=1S/C23H25N3O4/c1-4-29-21-9-5-19(6-10-21)25-22(27)14-30-23(28)18(13-24)12-17-11-15(2)26(16(17)3)20-7-8-20/h5-6,9-12,20H,4,7-8,14H2,1-3H3,(H,25,27)/b18-12+. The Hall–Kier alpha value is -3.53. The Bertz CT molecular complexity index is 1010. The number of nitrogens with one attached hydrogen (secondary N) is 1. The fourth-order valence-corrected chi connectivity index (χ4v) is 3.34. The molecule has 1 amide bonds. The van der Waals surface area contributed by atoms with E-state index >= 15 is 0 Å². The third-order valence-electron chi connectivity index (χ3n) is 4.86. The van der Waals surface area contributed by atoms with Crippen LogP contribution in [0.5, 0.6) is 5.75 Å². The first kappa shape index (κ1) is 21.2. The van der Waals surface area contributed by atoms with Crippen molar-refractivity contribution in [3.63, 3.8) is 0 Å². The van der Waals surface area contributed by atoms with Gasteiger partial charge < -0.3 is 19.4 Å². The van der Waals surface area contributed by atoms with Gasteiger partial charge in [-0.05, 0) is 75.6 Å². The molecule has 3 rings (SSSR count). The Morgan fingerprint density at radius 1 is 1.27 bits per heavy atom. The molecule has 0 unspecified atom stereocenters. The van der Waals surface area contributed by atoms with Crippen molar-refractivity contribution in [2.24, 2.45) is 0 Å². The fourth-order valence-electron chi connectivity index (χ4n) is 3.34. The van der Waals surface area contributed by atoms with Crippen molar-refractivity contribution in [2.45, 2.75) is 39.7 Å². The molecule has 1 aromatic heterocycles. The predicted molar refractivity (Wildman–Crippen MR) is 113 cm³/mol. The van der Waals surface area contributed by atoms with Crippen LogP contribution in [0.25, 0.3) is 6.08 Å². The van der Waals surface area contributed by atoms with E-state index < -0.39 is 18.5 Å². The van der Waals surface area contributed by atoms with Crippen LogP contribution in [-0.2, 0) is 14.3 Å². The lowest BCUT2D eigenvalue weighted by atomic mass is 10.1. The number of hydrogen-bond donors (Lipinski definition) is 1. The molecule has 0 atom stereocenters. The fraction of sp³-hybridized carbons (Fsp3) is 0.348. The SMILES string of the molecule is CCOc1ccc(NC(=O)COC(=O)/C(C#N)=C/c2cc(C)n(C3CC3)c2C)cc1. The molecule has 1 aliphatic carbocycles. The van der Waals surface area contributed by atoms with E-state index in [4.69, 9.17) is 9.47 Å². The molecule has 7 nitrogen and oxygen atoms in total. The molecule has 156 valence electrons. The lowest BCUT2D eigenvalue weighted by Crippen LogP contribution is -2.21. The summed E-state index contributed by atoms with van der Waals surface area (Å²) >= 11 is 0. The number of aromatic nitrogens is 1. The van der Waals surface area contributed by atoms with Crippen LogP contribution in [-0.4, -0.2) is 29.7 Å². The summed E-state index contributed by atoms with van der Waals surface area (Å²) in [4.78, 5) is 24.3. The average molecular weight is 407 g/mol. The highest BCUT2D eigenvalue weighted by molar-refractivity contribution is 6.00. The minimum Gasteiger partial charge on any atom is -0.494 e. The van der Waals surface area contributed by atoms with Gasteiger partial charge in [-0.1, -0.05) is 0 Å². The number of carbonyl (C=O) groups excluding carboxylic acids is 2. The van der Waals surface area contributed by atoms with Gasteiger partial charge in [0.25, 0.3) is 5.91 Å². The van der Waals surface area contributed by atoms with E-state index in [1.165, 1.54) is 6.08 Å². The molecular formula is C23H25N3O4. The zero-order chi connectivity index (χ0) is 21.7. The predicted octanol–water partition coefficient (Wildman–Crippen LogP) is 3.93. The van der Waals surface area contributed by atoms with Crippen LogP contribution in [0.15, 0.2) is 35.9 Å². The Kier molecular flexibility index (Phi) is 6.58. The van der Waals surface area contributed by atoms with Gasteiger partial charge in [-0.25, -0.2) is 4.79 Å². The first-order chi connectivity index (χ1) is 14.4. The van der Waals surface area contributed by atoms with Crippen molar-refractivity contribution in [3.8, 4) is 11.8 Å². The van der Waals surface area contributed by atoms with E-state index in [2.05, 4.69) is 9.88 Å². The molecule has 1 saturated carbocycles. The Morgan fingerprint density at radius 3 is 2.57 bits per heavy atom. The maximum absolute atomic E-state index is 12.3. The van der Waals surface area contributed by atoms with E-state index in [1.807, 2.05) is 32.9 Å². The molecule has 0 bridgehead atoms. The highest BCUT2D eigenvalue weighted by Crippen LogP contribution is 2.38. The smallest absolute Gasteiger partial charge is 0.349 e. The van der Waals surface area contributed by atoms with Crippen LogP contribution >= 0.6 is 0 Å². The third-order valence-corrected chi connectivity index (χ3v) is 4.86. The third kappa shape index (κ3) is 5.09. The lowest BCUT2D eigenvalue weighted by molar-refractivity contribution is -0.142. The molecule has 0 aliphatic heterocycles. The zero-order valence-electron chi connectivity index (χ0n) is 17.4. The van der Waals surface area contributed by atoms with E-state index in [0.717, 1.165) is 29.8 Å². The van der Waals surface area contributed by atoms with Gasteiger partial charge in [-0.2, -0.15) is 5.26 Å². The lowest BCUT2D eigenvalue weighted by Gasteiger charge is -2.08. The van der Waals surface area contributed by atoms with E-state index in [1.54, 1.807) is 24.3 Å². The number of hydrogen-bond acceptors (Lipinski definition) is 5. The van der Waals surface area contributed by atoms with Crippen LogP contribution in [0.4, 0.5) is 5.69 Å². The summed E-state index contributed by atoms with van der Waals surface area (Å²) in [5, 5.41) is 12.0. The molecule has 0 spiro atoms. The number of ether oxygens (including phenoxy) is 2. The quantitative estimate of drug-likeness (QED) is 0.407. The van der Waals surface area contributed by atoms with Crippen molar-refractivity contribution >= 4 is 23.6 Å². The minimum absolute atomic E-state index is 0.139. The summed E-state index contributed by atoms with van der Waals surface area (Å²) < 4.78 is 12.6. The van der Waals surface area contributed by atoms with E-state index in [-0.39, 0.29) is 5.57 Å². The van der Waals surface area contributed by atoms with Crippen molar-refractivity contribution in [2.75, 3.05) is 18.5 Å². The molecule has 7 heteroatoms. The summed E-state index contributed by atoms with van der Waals surface area (Å²) in [5.41, 5.74) is 3.35. The molecule has 1 fully saturated rings.